The van der Waals surface area contributed by atoms with Crippen LogP contribution in [0.3, 0.4) is 0 Å². The van der Waals surface area contributed by atoms with Gasteiger partial charge in [0, 0.05) is 17.8 Å². The SMILES string of the molecule is CCCCCCSSC(=S)N(C1CCCCC1)C1CCCCC1. The van der Waals surface area contributed by atoms with Crippen LogP contribution in [0.5, 0.6) is 0 Å². The van der Waals surface area contributed by atoms with Crippen LogP contribution >= 0.6 is 33.8 Å². The molecule has 2 fully saturated rings. The Balaban J connectivity index is 1.81. The topological polar surface area (TPSA) is 3.24 Å². The molecule has 0 spiro atoms. The van der Waals surface area contributed by atoms with E-state index in [-0.39, 0.29) is 0 Å². The summed E-state index contributed by atoms with van der Waals surface area (Å²) in [5.74, 6) is 1.26. The van der Waals surface area contributed by atoms with Gasteiger partial charge in [0.15, 0.2) is 0 Å². The van der Waals surface area contributed by atoms with Crippen LogP contribution in [0.1, 0.15) is 96.8 Å². The summed E-state index contributed by atoms with van der Waals surface area (Å²) in [6.45, 7) is 2.28. The zero-order valence-electron chi connectivity index (χ0n) is 14.9. The second kappa shape index (κ2) is 12.0. The second-order valence-electron chi connectivity index (χ2n) is 7.22. The molecule has 2 aliphatic carbocycles. The quantitative estimate of drug-likeness (QED) is 0.251. The number of thiocarbonyl (C=S) groups is 1. The van der Waals surface area contributed by atoms with Gasteiger partial charge in [-0.15, -0.1) is 0 Å². The standard InChI is InChI=1S/C19H35NS3/c1-2-3-4-11-16-22-23-19(21)20(17-12-7-5-8-13-17)18-14-9-6-10-15-18/h17-18H,2-16H2,1H3. The van der Waals surface area contributed by atoms with Crippen LogP contribution in [0.25, 0.3) is 0 Å². The summed E-state index contributed by atoms with van der Waals surface area (Å²) < 4.78 is 1.20. The molecule has 0 amide bonds. The molecule has 2 rings (SSSR count). The lowest BCUT2D eigenvalue weighted by Crippen LogP contribution is -2.46. The third-order valence-electron chi connectivity index (χ3n) is 5.36. The van der Waals surface area contributed by atoms with E-state index in [2.05, 4.69) is 11.8 Å². The molecule has 0 heterocycles. The van der Waals surface area contributed by atoms with E-state index in [1.54, 1.807) is 0 Å². The molecular formula is C19H35NS3. The summed E-state index contributed by atoms with van der Waals surface area (Å²) in [4.78, 5) is 2.71. The Labute approximate surface area is 157 Å². The van der Waals surface area contributed by atoms with Crippen molar-refractivity contribution in [3.63, 3.8) is 0 Å². The zero-order valence-corrected chi connectivity index (χ0v) is 17.4. The molecule has 2 aliphatic rings. The summed E-state index contributed by atoms with van der Waals surface area (Å²) in [5, 5.41) is 0. The Hall–Kier alpha value is 0.590. The Kier molecular flexibility index (Phi) is 10.4. The van der Waals surface area contributed by atoms with Crippen LogP contribution in [-0.4, -0.2) is 27.1 Å². The largest absolute Gasteiger partial charge is 0.351 e. The van der Waals surface area contributed by atoms with Gasteiger partial charge in [-0.3, -0.25) is 0 Å². The fraction of sp³-hybridized carbons (Fsp3) is 0.947. The highest BCUT2D eigenvalue weighted by atomic mass is 33.1. The van der Waals surface area contributed by atoms with Crippen molar-refractivity contribution in [1.82, 2.24) is 4.90 Å². The van der Waals surface area contributed by atoms with Gasteiger partial charge in [-0.2, -0.15) is 0 Å². The molecule has 4 heteroatoms. The molecule has 134 valence electrons. The minimum absolute atomic E-state index is 0.743. The minimum Gasteiger partial charge on any atom is -0.351 e. The molecule has 0 bridgehead atoms. The van der Waals surface area contributed by atoms with Gasteiger partial charge in [0.25, 0.3) is 0 Å². The van der Waals surface area contributed by atoms with Crippen molar-refractivity contribution >= 4 is 38.1 Å². The van der Waals surface area contributed by atoms with Crippen molar-refractivity contribution in [3.05, 3.63) is 0 Å². The van der Waals surface area contributed by atoms with Gasteiger partial charge in [-0.25, -0.2) is 0 Å². The van der Waals surface area contributed by atoms with Gasteiger partial charge < -0.3 is 4.90 Å². The molecule has 0 N–H and O–H groups in total. The summed E-state index contributed by atoms with van der Waals surface area (Å²) in [6, 6.07) is 1.49. The molecule has 0 aromatic carbocycles. The summed E-state index contributed by atoms with van der Waals surface area (Å²) in [6.07, 6.45) is 19.4. The molecule has 0 unspecified atom stereocenters. The first-order valence-electron chi connectivity index (χ1n) is 9.94. The number of unbranched alkanes of at least 4 members (excludes halogenated alkanes) is 3. The maximum absolute atomic E-state index is 5.91. The van der Waals surface area contributed by atoms with Crippen LogP contribution in [-0.2, 0) is 0 Å². The molecule has 0 radical (unpaired) electrons. The lowest BCUT2D eigenvalue weighted by molar-refractivity contribution is 0.164. The van der Waals surface area contributed by atoms with Crippen molar-refractivity contribution in [2.24, 2.45) is 0 Å². The van der Waals surface area contributed by atoms with Gasteiger partial charge in [-0.05, 0) is 42.9 Å². The van der Waals surface area contributed by atoms with E-state index in [0.29, 0.717) is 0 Å². The summed E-state index contributed by atoms with van der Waals surface area (Å²) in [7, 11) is 3.91. The maximum Gasteiger partial charge on any atom is 0.147 e. The number of hydrogen-bond acceptors (Lipinski definition) is 3. The number of hydrogen-bond donors (Lipinski definition) is 0. The Morgan fingerprint density at radius 2 is 1.43 bits per heavy atom. The first-order valence-corrected chi connectivity index (χ1v) is 12.7. The van der Waals surface area contributed by atoms with Crippen LogP contribution < -0.4 is 0 Å². The van der Waals surface area contributed by atoms with Crippen LogP contribution in [0.4, 0.5) is 0 Å². The van der Waals surface area contributed by atoms with Crippen molar-refractivity contribution in [2.45, 2.75) is 109 Å². The molecular weight excluding hydrogens is 338 g/mol. The molecule has 0 atom stereocenters. The van der Waals surface area contributed by atoms with Crippen molar-refractivity contribution in [2.75, 3.05) is 5.75 Å². The predicted octanol–water partition coefficient (Wildman–Crippen LogP) is 7.20. The second-order valence-corrected chi connectivity index (χ2v) is 10.3. The normalized spacial score (nSPS) is 20.6. The molecule has 0 aromatic heterocycles. The van der Waals surface area contributed by atoms with Gasteiger partial charge in [0.05, 0.1) is 0 Å². The van der Waals surface area contributed by atoms with Gasteiger partial charge in [0.1, 0.15) is 4.32 Å². The first kappa shape index (κ1) is 19.9. The summed E-state index contributed by atoms with van der Waals surface area (Å²) >= 11 is 5.91. The lowest BCUT2D eigenvalue weighted by Gasteiger charge is -2.43. The van der Waals surface area contributed by atoms with E-state index in [0.717, 1.165) is 12.1 Å². The third kappa shape index (κ3) is 7.15. The van der Waals surface area contributed by atoms with Crippen molar-refractivity contribution in [3.8, 4) is 0 Å². The average molecular weight is 374 g/mol. The monoisotopic (exact) mass is 373 g/mol. The first-order chi connectivity index (χ1) is 11.3. The van der Waals surface area contributed by atoms with E-state index in [1.165, 1.54) is 100.0 Å². The van der Waals surface area contributed by atoms with Crippen LogP contribution in [0.15, 0.2) is 0 Å². The molecule has 0 aliphatic heterocycles. The van der Waals surface area contributed by atoms with E-state index in [1.807, 2.05) is 21.6 Å². The summed E-state index contributed by atoms with van der Waals surface area (Å²) in [5.41, 5.74) is 0. The Bertz CT molecular complexity index is 305. The highest BCUT2D eigenvalue weighted by Crippen LogP contribution is 2.35. The van der Waals surface area contributed by atoms with E-state index >= 15 is 0 Å². The number of nitrogens with zero attached hydrogens (tertiary/aromatic N) is 1. The third-order valence-corrected chi connectivity index (χ3v) is 8.39. The van der Waals surface area contributed by atoms with Crippen molar-refractivity contribution < 1.29 is 0 Å². The highest BCUT2D eigenvalue weighted by Gasteiger charge is 2.30. The maximum atomic E-state index is 5.91. The Morgan fingerprint density at radius 3 is 1.96 bits per heavy atom. The molecule has 0 aromatic rings. The van der Waals surface area contributed by atoms with Gasteiger partial charge in [-0.1, -0.05) is 87.7 Å². The molecule has 2 saturated carbocycles. The fourth-order valence-electron chi connectivity index (χ4n) is 4.04. The van der Waals surface area contributed by atoms with Gasteiger partial charge in [0.2, 0.25) is 0 Å². The zero-order chi connectivity index (χ0) is 16.3. The molecule has 0 saturated heterocycles. The smallest absolute Gasteiger partial charge is 0.147 e. The molecule has 23 heavy (non-hydrogen) atoms. The van der Waals surface area contributed by atoms with Crippen LogP contribution in [0.2, 0.25) is 0 Å². The lowest BCUT2D eigenvalue weighted by atomic mass is 9.89. The van der Waals surface area contributed by atoms with Crippen LogP contribution in [0, 0.1) is 0 Å². The highest BCUT2D eigenvalue weighted by molar-refractivity contribution is 8.83. The van der Waals surface area contributed by atoms with E-state index < -0.39 is 0 Å². The Morgan fingerprint density at radius 1 is 0.870 bits per heavy atom. The van der Waals surface area contributed by atoms with E-state index in [4.69, 9.17) is 12.2 Å². The fourth-order valence-corrected chi connectivity index (χ4v) is 6.82. The minimum atomic E-state index is 0.743. The average Bonchev–Trinajstić information content (AvgIpc) is 2.60. The van der Waals surface area contributed by atoms with Crippen molar-refractivity contribution in [1.29, 1.82) is 0 Å². The van der Waals surface area contributed by atoms with E-state index in [9.17, 15) is 0 Å². The van der Waals surface area contributed by atoms with Gasteiger partial charge >= 0.3 is 0 Å². The predicted molar refractivity (Wildman–Crippen MR) is 112 cm³/mol. The molecule has 1 nitrogen and oxygen atoms in total. The number of rotatable bonds is 8.